The van der Waals surface area contributed by atoms with Crippen LogP contribution in [0.15, 0.2) is 18.2 Å². The standard InChI is InChI=1S/C20H21Cl2N5O/c1-3-14-16(12-23)19(25-24-18(14)4-2)26-7-9-27(10-8-26)20(28)15-6-5-13(21)11-17(15)22/h5-6,11H,3-4,7-10H2,1-2H3. The van der Waals surface area contributed by atoms with Gasteiger partial charge in [0.25, 0.3) is 5.91 Å². The number of hydrogen-bond donors (Lipinski definition) is 0. The third-order valence-corrected chi connectivity index (χ3v) is 5.52. The van der Waals surface area contributed by atoms with E-state index in [1.807, 2.05) is 18.7 Å². The van der Waals surface area contributed by atoms with Crippen molar-refractivity contribution < 1.29 is 4.79 Å². The van der Waals surface area contributed by atoms with Crippen molar-refractivity contribution >= 4 is 34.9 Å². The van der Waals surface area contributed by atoms with E-state index in [9.17, 15) is 10.1 Å². The number of amides is 1. The van der Waals surface area contributed by atoms with Crippen LogP contribution in [-0.4, -0.2) is 47.2 Å². The molecule has 1 saturated heterocycles. The smallest absolute Gasteiger partial charge is 0.255 e. The van der Waals surface area contributed by atoms with Crippen LogP contribution in [0.25, 0.3) is 0 Å². The van der Waals surface area contributed by atoms with E-state index < -0.39 is 0 Å². The average molecular weight is 418 g/mol. The molecule has 1 aliphatic rings. The Bertz CT molecular complexity index is 933. The summed E-state index contributed by atoms with van der Waals surface area (Å²) in [7, 11) is 0. The number of nitrogens with zero attached hydrogens (tertiary/aromatic N) is 5. The van der Waals surface area contributed by atoms with Crippen molar-refractivity contribution in [3.63, 3.8) is 0 Å². The maximum absolute atomic E-state index is 12.8. The van der Waals surface area contributed by atoms with Crippen LogP contribution >= 0.6 is 23.2 Å². The Hall–Kier alpha value is -2.36. The summed E-state index contributed by atoms with van der Waals surface area (Å²) >= 11 is 12.1. The summed E-state index contributed by atoms with van der Waals surface area (Å²) in [6, 6.07) is 7.19. The Labute approximate surface area is 174 Å². The van der Waals surface area contributed by atoms with Crippen LogP contribution in [0, 0.1) is 11.3 Å². The lowest BCUT2D eigenvalue weighted by atomic mass is 10.0. The Morgan fingerprint density at radius 2 is 1.86 bits per heavy atom. The maximum Gasteiger partial charge on any atom is 0.255 e. The summed E-state index contributed by atoms with van der Waals surface area (Å²) in [4.78, 5) is 16.6. The normalized spacial score (nSPS) is 14.1. The van der Waals surface area contributed by atoms with Gasteiger partial charge in [-0.05, 0) is 36.6 Å². The number of carbonyl (C=O) groups is 1. The van der Waals surface area contributed by atoms with Crippen molar-refractivity contribution in [1.29, 1.82) is 5.26 Å². The van der Waals surface area contributed by atoms with Crippen LogP contribution in [0.3, 0.4) is 0 Å². The topological polar surface area (TPSA) is 73.1 Å². The number of hydrogen-bond acceptors (Lipinski definition) is 5. The lowest BCUT2D eigenvalue weighted by Crippen LogP contribution is -2.49. The van der Waals surface area contributed by atoms with Crippen LogP contribution in [0.5, 0.6) is 0 Å². The minimum Gasteiger partial charge on any atom is -0.350 e. The van der Waals surface area contributed by atoms with E-state index in [1.54, 1.807) is 23.1 Å². The van der Waals surface area contributed by atoms with Gasteiger partial charge in [-0.1, -0.05) is 37.0 Å². The highest BCUT2D eigenvalue weighted by atomic mass is 35.5. The molecule has 1 fully saturated rings. The van der Waals surface area contributed by atoms with Crippen LogP contribution in [0.2, 0.25) is 10.0 Å². The van der Waals surface area contributed by atoms with Gasteiger partial charge >= 0.3 is 0 Å². The van der Waals surface area contributed by atoms with Gasteiger partial charge in [-0.25, -0.2) is 0 Å². The molecule has 0 unspecified atom stereocenters. The van der Waals surface area contributed by atoms with Gasteiger partial charge in [-0.2, -0.15) is 10.4 Å². The molecular formula is C20H21Cl2N5O. The molecule has 28 heavy (non-hydrogen) atoms. The predicted molar refractivity (Wildman–Crippen MR) is 110 cm³/mol. The number of benzene rings is 1. The third-order valence-electron chi connectivity index (χ3n) is 4.97. The van der Waals surface area contributed by atoms with Gasteiger partial charge in [0.1, 0.15) is 11.6 Å². The molecule has 3 rings (SSSR count). The zero-order valence-corrected chi connectivity index (χ0v) is 17.4. The fourth-order valence-corrected chi connectivity index (χ4v) is 3.95. The van der Waals surface area contributed by atoms with E-state index in [0.29, 0.717) is 53.2 Å². The first-order valence-electron chi connectivity index (χ1n) is 9.27. The molecule has 2 aromatic rings. The first-order chi connectivity index (χ1) is 13.5. The molecule has 1 amide bonds. The van der Waals surface area contributed by atoms with Gasteiger partial charge in [0.2, 0.25) is 0 Å². The molecule has 6 nitrogen and oxygen atoms in total. The molecule has 146 valence electrons. The average Bonchev–Trinajstić information content (AvgIpc) is 2.72. The lowest BCUT2D eigenvalue weighted by molar-refractivity contribution is 0.0746. The lowest BCUT2D eigenvalue weighted by Gasteiger charge is -2.36. The molecular weight excluding hydrogens is 397 g/mol. The molecule has 0 saturated carbocycles. The summed E-state index contributed by atoms with van der Waals surface area (Å²) in [6.45, 7) is 6.22. The number of rotatable bonds is 4. The van der Waals surface area contributed by atoms with Crippen molar-refractivity contribution in [2.24, 2.45) is 0 Å². The second-order valence-electron chi connectivity index (χ2n) is 6.55. The van der Waals surface area contributed by atoms with E-state index in [0.717, 1.165) is 24.1 Å². The van der Waals surface area contributed by atoms with Crippen molar-refractivity contribution in [1.82, 2.24) is 15.1 Å². The summed E-state index contributed by atoms with van der Waals surface area (Å²) in [5.74, 6) is 0.483. The van der Waals surface area contributed by atoms with E-state index >= 15 is 0 Å². The monoisotopic (exact) mass is 417 g/mol. The third kappa shape index (κ3) is 3.91. The first-order valence-corrected chi connectivity index (χ1v) is 10.0. The molecule has 0 atom stereocenters. The Balaban J connectivity index is 1.77. The molecule has 0 bridgehead atoms. The number of anilines is 1. The van der Waals surface area contributed by atoms with Gasteiger partial charge in [0, 0.05) is 31.2 Å². The molecule has 0 N–H and O–H groups in total. The summed E-state index contributed by atoms with van der Waals surface area (Å²) in [5.41, 5.74) is 2.86. The minimum absolute atomic E-state index is 0.122. The number of piperazine rings is 1. The molecule has 1 aromatic heterocycles. The zero-order valence-electron chi connectivity index (χ0n) is 15.9. The summed E-state index contributed by atoms with van der Waals surface area (Å²) in [5, 5.41) is 19.2. The van der Waals surface area contributed by atoms with Gasteiger partial charge in [-0.15, -0.1) is 5.10 Å². The molecule has 0 aliphatic carbocycles. The number of aromatic nitrogens is 2. The fourth-order valence-electron chi connectivity index (χ4n) is 3.46. The first kappa shape index (κ1) is 20.4. The molecule has 0 radical (unpaired) electrons. The number of halogens is 2. The van der Waals surface area contributed by atoms with Crippen LogP contribution in [0.4, 0.5) is 5.82 Å². The second kappa shape index (κ2) is 8.76. The van der Waals surface area contributed by atoms with Crippen molar-refractivity contribution in [3.05, 3.63) is 50.6 Å². The summed E-state index contributed by atoms with van der Waals surface area (Å²) < 4.78 is 0. The zero-order chi connectivity index (χ0) is 20.3. The quantitative estimate of drug-likeness (QED) is 0.757. The second-order valence-corrected chi connectivity index (χ2v) is 7.39. The van der Waals surface area contributed by atoms with Crippen molar-refractivity contribution in [2.45, 2.75) is 26.7 Å². The van der Waals surface area contributed by atoms with Gasteiger partial charge in [0.15, 0.2) is 5.82 Å². The Morgan fingerprint density at radius 1 is 1.14 bits per heavy atom. The SMILES string of the molecule is CCc1nnc(N2CCN(C(=O)c3ccc(Cl)cc3Cl)CC2)c(C#N)c1CC. The largest absolute Gasteiger partial charge is 0.350 e. The van der Waals surface area contributed by atoms with Crippen LogP contribution in [0.1, 0.15) is 41.0 Å². The highest BCUT2D eigenvalue weighted by molar-refractivity contribution is 6.36. The number of aryl methyl sites for hydroxylation is 1. The van der Waals surface area contributed by atoms with Crippen molar-refractivity contribution in [3.8, 4) is 6.07 Å². The van der Waals surface area contributed by atoms with E-state index in [-0.39, 0.29) is 5.91 Å². The highest BCUT2D eigenvalue weighted by Crippen LogP contribution is 2.26. The van der Waals surface area contributed by atoms with Crippen LogP contribution in [-0.2, 0) is 12.8 Å². The van der Waals surface area contributed by atoms with Gasteiger partial charge in [0.05, 0.1) is 16.3 Å². The van der Waals surface area contributed by atoms with E-state index in [2.05, 4.69) is 16.3 Å². The number of nitriles is 1. The minimum atomic E-state index is -0.122. The predicted octanol–water partition coefficient (Wildman–Crippen LogP) is 3.74. The molecule has 1 aliphatic heterocycles. The molecule has 8 heteroatoms. The van der Waals surface area contributed by atoms with Gasteiger partial charge in [-0.3, -0.25) is 4.79 Å². The van der Waals surface area contributed by atoms with Crippen LogP contribution < -0.4 is 4.90 Å². The number of carbonyl (C=O) groups excluding carboxylic acids is 1. The molecule has 1 aromatic carbocycles. The molecule has 0 spiro atoms. The maximum atomic E-state index is 12.8. The summed E-state index contributed by atoms with van der Waals surface area (Å²) in [6.07, 6.45) is 1.48. The van der Waals surface area contributed by atoms with Crippen molar-refractivity contribution in [2.75, 3.05) is 31.1 Å². The van der Waals surface area contributed by atoms with Gasteiger partial charge < -0.3 is 9.80 Å². The highest BCUT2D eigenvalue weighted by Gasteiger charge is 2.27. The van der Waals surface area contributed by atoms with E-state index in [4.69, 9.17) is 23.2 Å². The Morgan fingerprint density at radius 3 is 2.43 bits per heavy atom. The fraction of sp³-hybridized carbons (Fsp3) is 0.400. The van der Waals surface area contributed by atoms with E-state index in [1.165, 1.54) is 0 Å². The molecule has 2 heterocycles. The Kier molecular flexibility index (Phi) is 6.38.